The van der Waals surface area contributed by atoms with Gasteiger partial charge in [0, 0.05) is 12.1 Å². The molecule has 1 aromatic carbocycles. The molecule has 0 unspecified atom stereocenters. The number of benzene rings is 1. The van der Waals surface area contributed by atoms with E-state index in [0.717, 1.165) is 47.9 Å². The fourth-order valence-electron chi connectivity index (χ4n) is 4.97. The van der Waals surface area contributed by atoms with Crippen LogP contribution < -0.4 is 10.1 Å². The summed E-state index contributed by atoms with van der Waals surface area (Å²) >= 11 is 0. The summed E-state index contributed by atoms with van der Waals surface area (Å²) in [6, 6.07) is 7.89. The SMILES string of the molecule is CCOc1ccc(-c2nc(CNC[C@@H]3CC[C@H]4C[C@@H]3C4(C)C)co2)cc1. The lowest BCUT2D eigenvalue weighted by molar-refractivity contribution is -0.103. The molecule has 140 valence electrons. The monoisotopic (exact) mass is 354 g/mol. The molecule has 1 heterocycles. The zero-order valence-electron chi connectivity index (χ0n) is 16.1. The van der Waals surface area contributed by atoms with Crippen molar-refractivity contribution < 1.29 is 9.15 Å². The van der Waals surface area contributed by atoms with Gasteiger partial charge in [0.25, 0.3) is 0 Å². The molecule has 0 spiro atoms. The van der Waals surface area contributed by atoms with Gasteiger partial charge in [-0.3, -0.25) is 0 Å². The average molecular weight is 354 g/mol. The third kappa shape index (κ3) is 3.27. The molecular formula is C22H30N2O2. The molecule has 3 saturated carbocycles. The van der Waals surface area contributed by atoms with Crippen molar-refractivity contribution in [3.8, 4) is 17.2 Å². The Morgan fingerprint density at radius 3 is 2.73 bits per heavy atom. The molecule has 3 aliphatic rings. The minimum atomic E-state index is 0.555. The van der Waals surface area contributed by atoms with Crippen molar-refractivity contribution >= 4 is 0 Å². The highest BCUT2D eigenvalue weighted by atomic mass is 16.5. The van der Waals surface area contributed by atoms with Crippen LogP contribution in [0.2, 0.25) is 0 Å². The second kappa shape index (κ2) is 7.07. The molecule has 0 amide bonds. The molecule has 1 N–H and O–H groups in total. The molecule has 0 saturated heterocycles. The van der Waals surface area contributed by atoms with Gasteiger partial charge in [0.1, 0.15) is 12.0 Å². The maximum absolute atomic E-state index is 5.66. The third-order valence-electron chi connectivity index (χ3n) is 6.68. The molecule has 3 atom stereocenters. The maximum Gasteiger partial charge on any atom is 0.226 e. The summed E-state index contributed by atoms with van der Waals surface area (Å²) in [7, 11) is 0. The van der Waals surface area contributed by atoms with Gasteiger partial charge in [0.05, 0.1) is 12.3 Å². The number of nitrogens with zero attached hydrogens (tertiary/aromatic N) is 1. The summed E-state index contributed by atoms with van der Waals surface area (Å²) in [4.78, 5) is 4.63. The van der Waals surface area contributed by atoms with E-state index in [1.807, 2.05) is 31.2 Å². The highest BCUT2D eigenvalue weighted by molar-refractivity contribution is 5.54. The number of aromatic nitrogens is 1. The number of fused-ring (bicyclic) bond motifs is 2. The highest BCUT2D eigenvalue weighted by Crippen LogP contribution is 2.61. The molecule has 3 fully saturated rings. The maximum atomic E-state index is 5.66. The topological polar surface area (TPSA) is 47.3 Å². The van der Waals surface area contributed by atoms with E-state index >= 15 is 0 Å². The van der Waals surface area contributed by atoms with Crippen molar-refractivity contribution in [3.05, 3.63) is 36.2 Å². The van der Waals surface area contributed by atoms with Gasteiger partial charge < -0.3 is 14.5 Å². The van der Waals surface area contributed by atoms with Crippen molar-refractivity contribution in [1.82, 2.24) is 10.3 Å². The molecule has 1 aromatic heterocycles. The first-order valence-corrected chi connectivity index (χ1v) is 9.96. The molecule has 2 aromatic rings. The summed E-state index contributed by atoms with van der Waals surface area (Å²) < 4.78 is 11.1. The molecule has 3 aliphatic carbocycles. The van der Waals surface area contributed by atoms with E-state index in [2.05, 4.69) is 24.1 Å². The first kappa shape index (κ1) is 17.6. The van der Waals surface area contributed by atoms with Crippen LogP contribution in [0.4, 0.5) is 0 Å². The van der Waals surface area contributed by atoms with Crippen molar-refractivity contribution in [2.24, 2.45) is 23.2 Å². The van der Waals surface area contributed by atoms with Crippen LogP contribution in [-0.2, 0) is 6.54 Å². The molecule has 4 heteroatoms. The van der Waals surface area contributed by atoms with Crippen LogP contribution >= 0.6 is 0 Å². The lowest BCUT2D eigenvalue weighted by Gasteiger charge is -2.60. The molecule has 2 bridgehead atoms. The van der Waals surface area contributed by atoms with Gasteiger partial charge in [0.2, 0.25) is 5.89 Å². The van der Waals surface area contributed by atoms with Crippen LogP contribution in [0.25, 0.3) is 11.5 Å². The van der Waals surface area contributed by atoms with Crippen LogP contribution in [0.1, 0.15) is 45.7 Å². The average Bonchev–Trinajstić information content (AvgIpc) is 3.11. The number of ether oxygens (including phenoxy) is 1. The van der Waals surface area contributed by atoms with E-state index in [1.54, 1.807) is 6.26 Å². The van der Waals surface area contributed by atoms with Gasteiger partial charge in [0.15, 0.2) is 0 Å². The van der Waals surface area contributed by atoms with E-state index in [-0.39, 0.29) is 0 Å². The van der Waals surface area contributed by atoms with Gasteiger partial charge in [-0.1, -0.05) is 13.8 Å². The van der Waals surface area contributed by atoms with Gasteiger partial charge >= 0.3 is 0 Å². The van der Waals surface area contributed by atoms with E-state index in [4.69, 9.17) is 9.15 Å². The van der Waals surface area contributed by atoms with Crippen LogP contribution in [0.5, 0.6) is 5.75 Å². The Hall–Kier alpha value is -1.81. The summed E-state index contributed by atoms with van der Waals surface area (Å²) in [6.45, 7) is 9.43. The van der Waals surface area contributed by atoms with Crippen LogP contribution in [0.3, 0.4) is 0 Å². The fourth-order valence-corrected chi connectivity index (χ4v) is 4.97. The van der Waals surface area contributed by atoms with Gasteiger partial charge in [-0.2, -0.15) is 0 Å². The van der Waals surface area contributed by atoms with Crippen LogP contribution in [-0.4, -0.2) is 18.1 Å². The standard InChI is InChI=1S/C22H30N2O2/c1-4-25-19-9-6-15(7-10-19)21-24-18(14-26-21)13-23-12-16-5-8-17-11-20(16)22(17,2)3/h6-7,9-10,14,16-17,20,23H,4-5,8,11-13H2,1-3H3/t16-,17-,20-/m0/s1. The Balaban J connectivity index is 1.30. The van der Waals surface area contributed by atoms with Gasteiger partial charge in [-0.15, -0.1) is 0 Å². The van der Waals surface area contributed by atoms with Crippen molar-refractivity contribution in [2.45, 2.75) is 46.6 Å². The Morgan fingerprint density at radius 1 is 1.23 bits per heavy atom. The first-order chi connectivity index (χ1) is 12.6. The summed E-state index contributed by atoms with van der Waals surface area (Å²) in [5.41, 5.74) is 2.50. The van der Waals surface area contributed by atoms with Gasteiger partial charge in [-0.25, -0.2) is 4.98 Å². The molecule has 5 rings (SSSR count). The molecule has 0 radical (unpaired) electrons. The van der Waals surface area contributed by atoms with E-state index in [0.29, 0.717) is 17.9 Å². The Morgan fingerprint density at radius 2 is 2.04 bits per heavy atom. The number of hydrogen-bond acceptors (Lipinski definition) is 4. The number of rotatable bonds is 7. The number of oxazole rings is 1. The minimum absolute atomic E-state index is 0.555. The Kier molecular flexibility index (Phi) is 4.78. The smallest absolute Gasteiger partial charge is 0.226 e. The normalized spacial score (nSPS) is 26.3. The highest BCUT2D eigenvalue weighted by Gasteiger charge is 2.53. The quantitative estimate of drug-likeness (QED) is 0.768. The van der Waals surface area contributed by atoms with Crippen molar-refractivity contribution in [3.63, 3.8) is 0 Å². The fraction of sp³-hybridized carbons (Fsp3) is 0.591. The van der Waals surface area contributed by atoms with Crippen molar-refractivity contribution in [2.75, 3.05) is 13.2 Å². The third-order valence-corrected chi connectivity index (χ3v) is 6.68. The Labute approximate surface area is 156 Å². The molecule has 0 aliphatic heterocycles. The Bertz CT molecular complexity index is 733. The second-order valence-electron chi connectivity index (χ2n) is 8.43. The lowest BCUT2D eigenvalue weighted by Crippen LogP contribution is -2.54. The van der Waals surface area contributed by atoms with Gasteiger partial charge in [-0.05, 0) is 80.2 Å². The summed E-state index contributed by atoms with van der Waals surface area (Å²) in [5, 5.41) is 3.61. The van der Waals surface area contributed by atoms with E-state index in [1.165, 1.54) is 19.3 Å². The van der Waals surface area contributed by atoms with E-state index < -0.39 is 0 Å². The summed E-state index contributed by atoms with van der Waals surface area (Å²) in [6.07, 6.45) is 5.98. The van der Waals surface area contributed by atoms with Crippen molar-refractivity contribution in [1.29, 1.82) is 0 Å². The van der Waals surface area contributed by atoms with Crippen LogP contribution in [0, 0.1) is 23.2 Å². The number of hydrogen-bond donors (Lipinski definition) is 1. The largest absolute Gasteiger partial charge is 0.494 e. The predicted molar refractivity (Wildman–Crippen MR) is 103 cm³/mol. The number of nitrogens with one attached hydrogen (secondary N) is 1. The van der Waals surface area contributed by atoms with E-state index in [9.17, 15) is 0 Å². The first-order valence-electron chi connectivity index (χ1n) is 9.96. The molecule has 26 heavy (non-hydrogen) atoms. The lowest BCUT2D eigenvalue weighted by atomic mass is 9.45. The zero-order valence-corrected chi connectivity index (χ0v) is 16.1. The summed E-state index contributed by atoms with van der Waals surface area (Å²) in [5.74, 6) is 4.22. The van der Waals surface area contributed by atoms with Crippen LogP contribution in [0.15, 0.2) is 34.9 Å². The predicted octanol–water partition coefficient (Wildman–Crippen LogP) is 4.90. The second-order valence-corrected chi connectivity index (χ2v) is 8.43. The minimum Gasteiger partial charge on any atom is -0.494 e. The molecule has 4 nitrogen and oxygen atoms in total. The molecular weight excluding hydrogens is 324 g/mol. The zero-order chi connectivity index (χ0) is 18.1.